The first-order valence-electron chi connectivity index (χ1n) is 5.29. The lowest BCUT2D eigenvalue weighted by atomic mass is 9.94. The van der Waals surface area contributed by atoms with Crippen LogP contribution < -0.4 is 5.32 Å². The number of carbonyl (C=O) groups excluding carboxylic acids is 2. The maximum absolute atomic E-state index is 11.5. The lowest BCUT2D eigenvalue weighted by Crippen LogP contribution is -2.28. The van der Waals surface area contributed by atoms with Crippen molar-refractivity contribution in [3.8, 4) is 0 Å². The molecule has 2 unspecified atom stereocenters. The highest BCUT2D eigenvalue weighted by Crippen LogP contribution is 2.22. The molecule has 0 aromatic heterocycles. The van der Waals surface area contributed by atoms with Crippen LogP contribution in [0.25, 0.3) is 0 Å². The lowest BCUT2D eigenvalue weighted by Gasteiger charge is -2.21. The molecule has 1 aliphatic heterocycles. The molecule has 1 N–H and O–H groups in total. The highest BCUT2D eigenvalue weighted by atomic mass is 16.6. The summed E-state index contributed by atoms with van der Waals surface area (Å²) >= 11 is 0. The number of hydrogen-bond acceptors (Lipinski definition) is 3. The highest BCUT2D eigenvalue weighted by molar-refractivity contribution is 5.85. The van der Waals surface area contributed by atoms with Crippen molar-refractivity contribution in [2.75, 3.05) is 6.54 Å². The van der Waals surface area contributed by atoms with Crippen LogP contribution in [0.1, 0.15) is 34.1 Å². The molecule has 1 aliphatic rings. The molecule has 1 heterocycles. The van der Waals surface area contributed by atoms with E-state index in [9.17, 15) is 9.59 Å². The Kier molecular flexibility index (Phi) is 3.37. The van der Waals surface area contributed by atoms with Crippen LogP contribution in [0.15, 0.2) is 0 Å². The van der Waals surface area contributed by atoms with Gasteiger partial charge in [0.1, 0.15) is 5.60 Å². The van der Waals surface area contributed by atoms with Crippen molar-refractivity contribution in [2.24, 2.45) is 11.8 Å². The third kappa shape index (κ3) is 3.53. The largest absolute Gasteiger partial charge is 0.460 e. The molecule has 4 nitrogen and oxygen atoms in total. The minimum absolute atomic E-state index is 0.0339. The fraction of sp³-hybridized carbons (Fsp3) is 0.818. The summed E-state index contributed by atoms with van der Waals surface area (Å²) in [6, 6.07) is 0. The smallest absolute Gasteiger partial charge is 0.307 e. The summed E-state index contributed by atoms with van der Waals surface area (Å²) < 4.78 is 5.18. The molecule has 1 amide bonds. The zero-order valence-electron chi connectivity index (χ0n) is 9.79. The Balaban J connectivity index is 2.48. The summed E-state index contributed by atoms with van der Waals surface area (Å²) in [5.74, 6) is -0.338. The van der Waals surface area contributed by atoms with Gasteiger partial charge in [0.05, 0.1) is 12.3 Å². The van der Waals surface area contributed by atoms with Crippen molar-refractivity contribution in [2.45, 2.75) is 39.7 Å². The molecule has 2 atom stereocenters. The lowest BCUT2D eigenvalue weighted by molar-refractivity contribution is -0.157. The number of ether oxygens (including phenoxy) is 1. The SMILES string of the molecule is CC1CNC(=O)C1CC(=O)OC(C)(C)C. The first kappa shape index (κ1) is 12.0. The zero-order valence-corrected chi connectivity index (χ0v) is 9.79. The number of hydrogen-bond donors (Lipinski definition) is 1. The third-order valence-electron chi connectivity index (χ3n) is 2.43. The molecule has 15 heavy (non-hydrogen) atoms. The van der Waals surface area contributed by atoms with Gasteiger partial charge in [-0.1, -0.05) is 6.92 Å². The van der Waals surface area contributed by atoms with E-state index in [-0.39, 0.29) is 30.1 Å². The van der Waals surface area contributed by atoms with Crippen LogP contribution in [-0.2, 0) is 14.3 Å². The molecule has 0 radical (unpaired) electrons. The molecule has 0 bridgehead atoms. The van der Waals surface area contributed by atoms with Gasteiger partial charge in [-0.15, -0.1) is 0 Å². The number of carbonyl (C=O) groups is 2. The monoisotopic (exact) mass is 213 g/mol. The quantitative estimate of drug-likeness (QED) is 0.699. The van der Waals surface area contributed by atoms with E-state index in [1.165, 1.54) is 0 Å². The first-order chi connectivity index (χ1) is 6.79. The molecule has 1 fully saturated rings. The fourth-order valence-corrected chi connectivity index (χ4v) is 1.65. The third-order valence-corrected chi connectivity index (χ3v) is 2.43. The van der Waals surface area contributed by atoms with E-state index in [0.29, 0.717) is 6.54 Å². The van der Waals surface area contributed by atoms with E-state index in [2.05, 4.69) is 5.32 Å². The molecule has 0 aromatic rings. The second kappa shape index (κ2) is 4.21. The standard InChI is InChI=1S/C11H19NO3/c1-7-6-12-10(14)8(7)5-9(13)15-11(2,3)4/h7-8H,5-6H2,1-4H3,(H,12,14). The number of amides is 1. The minimum Gasteiger partial charge on any atom is -0.460 e. The molecular formula is C11H19NO3. The zero-order chi connectivity index (χ0) is 11.6. The van der Waals surface area contributed by atoms with Crippen molar-refractivity contribution in [3.63, 3.8) is 0 Å². The van der Waals surface area contributed by atoms with Gasteiger partial charge in [-0.3, -0.25) is 9.59 Å². The maximum atomic E-state index is 11.5. The Hall–Kier alpha value is -1.06. The Morgan fingerprint density at radius 1 is 1.53 bits per heavy atom. The molecule has 86 valence electrons. The molecule has 1 rings (SSSR count). The van der Waals surface area contributed by atoms with Gasteiger partial charge in [0.25, 0.3) is 0 Å². The minimum atomic E-state index is -0.477. The van der Waals surface area contributed by atoms with Crippen molar-refractivity contribution < 1.29 is 14.3 Å². The van der Waals surface area contributed by atoms with E-state index >= 15 is 0 Å². The van der Waals surface area contributed by atoms with Crippen LogP contribution >= 0.6 is 0 Å². The van der Waals surface area contributed by atoms with Crippen LogP contribution in [0.3, 0.4) is 0 Å². The molecule has 0 saturated carbocycles. The summed E-state index contributed by atoms with van der Waals surface area (Å²) in [6.07, 6.45) is 0.185. The average Bonchev–Trinajstić information content (AvgIpc) is 2.32. The number of rotatable bonds is 2. The molecular weight excluding hydrogens is 194 g/mol. The molecule has 0 aromatic carbocycles. The van der Waals surface area contributed by atoms with Gasteiger partial charge in [-0.25, -0.2) is 0 Å². The molecule has 0 spiro atoms. The van der Waals surface area contributed by atoms with Gasteiger partial charge in [-0.05, 0) is 26.7 Å². The molecule has 0 aliphatic carbocycles. The fourth-order valence-electron chi connectivity index (χ4n) is 1.65. The van der Waals surface area contributed by atoms with E-state index in [1.807, 2.05) is 27.7 Å². The average molecular weight is 213 g/mol. The predicted molar refractivity (Wildman–Crippen MR) is 56.1 cm³/mol. The van der Waals surface area contributed by atoms with Crippen LogP contribution in [-0.4, -0.2) is 24.0 Å². The van der Waals surface area contributed by atoms with Crippen molar-refractivity contribution in [1.82, 2.24) is 5.32 Å². The maximum Gasteiger partial charge on any atom is 0.307 e. The van der Waals surface area contributed by atoms with Crippen LogP contribution in [0.4, 0.5) is 0 Å². The predicted octanol–water partition coefficient (Wildman–Crippen LogP) is 1.10. The second-order valence-corrected chi connectivity index (χ2v) is 5.12. The van der Waals surface area contributed by atoms with E-state index < -0.39 is 5.60 Å². The first-order valence-corrected chi connectivity index (χ1v) is 5.29. The second-order valence-electron chi connectivity index (χ2n) is 5.12. The normalized spacial score (nSPS) is 26.3. The van der Waals surface area contributed by atoms with Crippen LogP contribution in [0.5, 0.6) is 0 Å². The summed E-state index contributed by atoms with van der Waals surface area (Å²) in [6.45, 7) is 8.09. The van der Waals surface area contributed by atoms with Crippen LogP contribution in [0, 0.1) is 11.8 Å². The van der Waals surface area contributed by atoms with E-state index in [1.54, 1.807) is 0 Å². The van der Waals surface area contributed by atoms with Crippen LogP contribution in [0.2, 0.25) is 0 Å². The molecule has 4 heteroatoms. The highest BCUT2D eigenvalue weighted by Gasteiger charge is 2.34. The van der Waals surface area contributed by atoms with Crippen molar-refractivity contribution >= 4 is 11.9 Å². The van der Waals surface area contributed by atoms with E-state index in [4.69, 9.17) is 4.74 Å². The Morgan fingerprint density at radius 3 is 2.53 bits per heavy atom. The topological polar surface area (TPSA) is 55.4 Å². The van der Waals surface area contributed by atoms with Crippen molar-refractivity contribution in [3.05, 3.63) is 0 Å². The van der Waals surface area contributed by atoms with Gasteiger partial charge < -0.3 is 10.1 Å². The van der Waals surface area contributed by atoms with Gasteiger partial charge in [0.2, 0.25) is 5.91 Å². The van der Waals surface area contributed by atoms with E-state index in [0.717, 1.165) is 0 Å². The van der Waals surface area contributed by atoms with Gasteiger partial charge in [0, 0.05) is 6.54 Å². The number of nitrogens with one attached hydrogen (secondary N) is 1. The Labute approximate surface area is 90.4 Å². The number of esters is 1. The Bertz CT molecular complexity index is 267. The van der Waals surface area contributed by atoms with Crippen molar-refractivity contribution in [1.29, 1.82) is 0 Å². The van der Waals surface area contributed by atoms with Gasteiger partial charge >= 0.3 is 5.97 Å². The summed E-state index contributed by atoms with van der Waals surface area (Å²) in [5.41, 5.74) is -0.477. The summed E-state index contributed by atoms with van der Waals surface area (Å²) in [4.78, 5) is 22.9. The van der Waals surface area contributed by atoms with Gasteiger partial charge in [0.15, 0.2) is 0 Å². The summed E-state index contributed by atoms with van der Waals surface area (Å²) in [5, 5.41) is 2.74. The Morgan fingerprint density at radius 2 is 2.13 bits per heavy atom. The van der Waals surface area contributed by atoms with Gasteiger partial charge in [-0.2, -0.15) is 0 Å². The summed E-state index contributed by atoms with van der Waals surface area (Å²) in [7, 11) is 0. The molecule has 1 saturated heterocycles.